The predicted molar refractivity (Wildman–Crippen MR) is 96.7 cm³/mol. The molecule has 26 heavy (non-hydrogen) atoms. The van der Waals surface area contributed by atoms with Gasteiger partial charge in [0, 0.05) is 35.6 Å². The zero-order valence-corrected chi connectivity index (χ0v) is 15.1. The van der Waals surface area contributed by atoms with Crippen LogP contribution < -0.4 is 5.32 Å². The molecule has 2 aliphatic carbocycles. The van der Waals surface area contributed by atoms with Crippen LogP contribution >= 0.6 is 11.6 Å². The topological polar surface area (TPSA) is 87.2 Å². The molecular formula is C19H22ClN3O3. The summed E-state index contributed by atoms with van der Waals surface area (Å²) in [5.41, 5.74) is 0.781. The van der Waals surface area contributed by atoms with Gasteiger partial charge in [-0.2, -0.15) is 5.10 Å². The molecule has 5 rings (SSSR count). The Labute approximate surface area is 156 Å². The molecule has 1 aromatic heterocycles. The van der Waals surface area contributed by atoms with Gasteiger partial charge < -0.3 is 15.2 Å². The number of amides is 1. The van der Waals surface area contributed by atoms with E-state index in [1.165, 1.54) is 0 Å². The van der Waals surface area contributed by atoms with Crippen molar-refractivity contribution in [2.24, 2.45) is 17.8 Å². The Bertz CT molecular complexity index is 849. The van der Waals surface area contributed by atoms with Gasteiger partial charge >= 0.3 is 0 Å². The van der Waals surface area contributed by atoms with Crippen molar-refractivity contribution in [3.8, 4) is 0 Å². The summed E-state index contributed by atoms with van der Waals surface area (Å²) in [4.78, 5) is 12.4. The van der Waals surface area contributed by atoms with Gasteiger partial charge in [0.05, 0.1) is 17.3 Å². The van der Waals surface area contributed by atoms with Gasteiger partial charge in [-0.15, -0.1) is 0 Å². The lowest BCUT2D eigenvalue weighted by Gasteiger charge is -2.28. The summed E-state index contributed by atoms with van der Waals surface area (Å²) in [5, 5.41) is 23.0. The summed E-state index contributed by atoms with van der Waals surface area (Å²) in [6, 6.07) is 3.87. The van der Waals surface area contributed by atoms with Crippen molar-refractivity contribution < 1.29 is 14.6 Å². The van der Waals surface area contributed by atoms with Crippen LogP contribution in [-0.2, 0) is 15.1 Å². The number of fused-ring (bicyclic) bond motifs is 2. The largest absolute Gasteiger partial charge is 0.385 e. The number of hydrogen-bond acceptors (Lipinski definition) is 4. The van der Waals surface area contributed by atoms with Crippen molar-refractivity contribution in [1.82, 2.24) is 15.5 Å². The number of benzene rings is 1. The second-order valence-electron chi connectivity index (χ2n) is 7.97. The van der Waals surface area contributed by atoms with Gasteiger partial charge in [0.25, 0.3) is 0 Å². The molecule has 2 aromatic rings. The number of H-pyrrole nitrogens is 1. The van der Waals surface area contributed by atoms with Crippen LogP contribution in [0.4, 0.5) is 0 Å². The maximum absolute atomic E-state index is 12.4. The molecule has 3 fully saturated rings. The van der Waals surface area contributed by atoms with E-state index in [-0.39, 0.29) is 17.9 Å². The van der Waals surface area contributed by atoms with Gasteiger partial charge in [0.1, 0.15) is 0 Å². The minimum Gasteiger partial charge on any atom is -0.385 e. The number of hydrogen-bond donors (Lipinski definition) is 3. The Kier molecular flexibility index (Phi) is 3.78. The van der Waals surface area contributed by atoms with Gasteiger partial charge in [0.15, 0.2) is 0 Å². The summed E-state index contributed by atoms with van der Waals surface area (Å²) in [5.74, 6) is 0.896. The highest BCUT2D eigenvalue weighted by Crippen LogP contribution is 2.60. The number of rotatable bonds is 3. The molecule has 0 bridgehead atoms. The Hall–Kier alpha value is -1.63. The van der Waals surface area contributed by atoms with E-state index in [2.05, 4.69) is 15.5 Å². The first-order valence-electron chi connectivity index (χ1n) is 9.29. The summed E-state index contributed by atoms with van der Waals surface area (Å²) in [6.07, 6.45) is 4.65. The Morgan fingerprint density at radius 1 is 1.31 bits per heavy atom. The quantitative estimate of drug-likeness (QED) is 0.768. The molecule has 138 valence electrons. The first-order chi connectivity index (χ1) is 12.5. The van der Waals surface area contributed by atoms with E-state index >= 15 is 0 Å². The van der Waals surface area contributed by atoms with E-state index in [9.17, 15) is 9.90 Å². The molecule has 1 amide bonds. The van der Waals surface area contributed by atoms with Crippen LogP contribution in [0, 0.1) is 17.8 Å². The highest BCUT2D eigenvalue weighted by molar-refractivity contribution is 6.31. The van der Waals surface area contributed by atoms with Crippen LogP contribution in [-0.4, -0.2) is 40.5 Å². The molecule has 3 aliphatic rings. The lowest BCUT2D eigenvalue weighted by molar-refractivity contribution is -0.128. The number of carbonyl (C=O) groups is 1. The minimum absolute atomic E-state index is 0.0717. The minimum atomic E-state index is -0.901. The van der Waals surface area contributed by atoms with E-state index in [0.29, 0.717) is 42.9 Å². The average molecular weight is 376 g/mol. The molecule has 7 heteroatoms. The molecular weight excluding hydrogens is 354 g/mol. The molecule has 1 aliphatic heterocycles. The van der Waals surface area contributed by atoms with E-state index in [1.54, 1.807) is 6.20 Å². The normalized spacial score (nSPS) is 34.0. The molecule has 2 heterocycles. The zero-order valence-electron chi connectivity index (χ0n) is 14.4. The number of ether oxygens (including phenoxy) is 1. The number of aromatic nitrogens is 2. The van der Waals surface area contributed by atoms with Crippen LogP contribution in [0.5, 0.6) is 0 Å². The fraction of sp³-hybridized carbons (Fsp3) is 0.579. The number of carbonyl (C=O) groups excluding carboxylic acids is 1. The third-order valence-corrected chi connectivity index (χ3v) is 6.62. The molecule has 2 unspecified atom stereocenters. The van der Waals surface area contributed by atoms with E-state index in [1.807, 2.05) is 12.1 Å². The van der Waals surface area contributed by atoms with Gasteiger partial charge in [-0.05, 0) is 55.2 Å². The zero-order chi connectivity index (χ0) is 17.9. The molecule has 1 aromatic carbocycles. The monoisotopic (exact) mass is 375 g/mol. The predicted octanol–water partition coefficient (Wildman–Crippen LogP) is 2.36. The SMILES string of the molecule is O=C(NC1C2CC(O)(c3cc(Cl)cc4[nH]ncc34)CC21)C1CCOCC1. The van der Waals surface area contributed by atoms with Crippen molar-refractivity contribution >= 4 is 28.4 Å². The Balaban J connectivity index is 1.29. The number of aliphatic hydroxyl groups is 1. The number of halogens is 1. The van der Waals surface area contributed by atoms with Gasteiger partial charge in [-0.25, -0.2) is 0 Å². The number of aromatic amines is 1. The standard InChI is InChI=1S/C19H22ClN3O3/c20-11-5-15(14-9-21-23-16(14)6-11)19(25)7-12-13(8-19)17(12)22-18(24)10-1-3-26-4-2-10/h5-6,9-10,12-13,17,25H,1-4,7-8H2,(H,21,23)(H,22,24). The molecule has 1 saturated heterocycles. The smallest absolute Gasteiger partial charge is 0.223 e. The van der Waals surface area contributed by atoms with Gasteiger partial charge in [-0.1, -0.05) is 11.6 Å². The van der Waals surface area contributed by atoms with E-state index < -0.39 is 5.60 Å². The molecule has 2 saturated carbocycles. The van der Waals surface area contributed by atoms with Crippen LogP contribution in [0.15, 0.2) is 18.3 Å². The first-order valence-corrected chi connectivity index (χ1v) is 9.66. The fourth-order valence-electron chi connectivity index (χ4n) is 4.94. The number of nitrogens with one attached hydrogen (secondary N) is 2. The first kappa shape index (κ1) is 16.5. The van der Waals surface area contributed by atoms with Crippen LogP contribution in [0.2, 0.25) is 5.02 Å². The van der Waals surface area contributed by atoms with E-state index in [0.717, 1.165) is 29.3 Å². The molecule has 3 N–H and O–H groups in total. The highest BCUT2D eigenvalue weighted by atomic mass is 35.5. The summed E-state index contributed by atoms with van der Waals surface area (Å²) < 4.78 is 5.33. The van der Waals surface area contributed by atoms with Crippen molar-refractivity contribution in [1.29, 1.82) is 0 Å². The Morgan fingerprint density at radius 3 is 2.77 bits per heavy atom. The maximum Gasteiger partial charge on any atom is 0.223 e. The third-order valence-electron chi connectivity index (χ3n) is 6.40. The lowest BCUT2D eigenvalue weighted by atomic mass is 9.86. The van der Waals surface area contributed by atoms with Crippen molar-refractivity contribution in [2.45, 2.75) is 37.3 Å². The van der Waals surface area contributed by atoms with Crippen molar-refractivity contribution in [3.05, 3.63) is 28.9 Å². The second kappa shape index (κ2) is 5.94. The highest BCUT2D eigenvalue weighted by Gasteiger charge is 2.62. The second-order valence-corrected chi connectivity index (χ2v) is 8.41. The summed E-state index contributed by atoms with van der Waals surface area (Å²) in [7, 11) is 0. The van der Waals surface area contributed by atoms with Crippen molar-refractivity contribution in [3.63, 3.8) is 0 Å². The fourth-order valence-corrected chi connectivity index (χ4v) is 5.16. The van der Waals surface area contributed by atoms with Gasteiger partial charge in [-0.3, -0.25) is 9.89 Å². The molecule has 6 nitrogen and oxygen atoms in total. The maximum atomic E-state index is 12.4. The van der Waals surface area contributed by atoms with Crippen LogP contribution in [0.25, 0.3) is 10.9 Å². The summed E-state index contributed by atoms with van der Waals surface area (Å²) >= 11 is 6.23. The Morgan fingerprint density at radius 2 is 2.04 bits per heavy atom. The van der Waals surface area contributed by atoms with E-state index in [4.69, 9.17) is 16.3 Å². The van der Waals surface area contributed by atoms with Gasteiger partial charge in [0.2, 0.25) is 5.91 Å². The van der Waals surface area contributed by atoms with Crippen LogP contribution in [0.3, 0.4) is 0 Å². The lowest BCUT2D eigenvalue weighted by Crippen LogP contribution is -2.38. The number of nitrogens with zero attached hydrogens (tertiary/aromatic N) is 1. The average Bonchev–Trinajstić information content (AvgIpc) is 3.01. The molecule has 0 radical (unpaired) electrons. The third kappa shape index (κ3) is 2.63. The van der Waals surface area contributed by atoms with Crippen molar-refractivity contribution in [2.75, 3.05) is 13.2 Å². The summed E-state index contributed by atoms with van der Waals surface area (Å²) in [6.45, 7) is 1.34. The van der Waals surface area contributed by atoms with Crippen LogP contribution in [0.1, 0.15) is 31.2 Å². The molecule has 2 atom stereocenters. The molecule has 0 spiro atoms.